The number of para-hydroxylation sites is 1. The van der Waals surface area contributed by atoms with Gasteiger partial charge in [-0.1, -0.05) is 93.7 Å². The molecule has 0 unspecified atom stereocenters. The van der Waals surface area contributed by atoms with Crippen LogP contribution in [0.25, 0.3) is 22.2 Å². The van der Waals surface area contributed by atoms with Gasteiger partial charge in [-0.05, 0) is 64.6 Å². The summed E-state index contributed by atoms with van der Waals surface area (Å²) in [6.45, 7) is 0.285. The van der Waals surface area contributed by atoms with Crippen molar-refractivity contribution in [2.24, 2.45) is 5.10 Å². The van der Waals surface area contributed by atoms with Crippen molar-refractivity contribution < 1.29 is 9.53 Å². The maximum Gasteiger partial charge on any atom is 0.272 e. The lowest BCUT2D eigenvalue weighted by Crippen LogP contribution is -2.18. The van der Waals surface area contributed by atoms with E-state index in [0.717, 1.165) is 30.1 Å². The van der Waals surface area contributed by atoms with Gasteiger partial charge in [0.25, 0.3) is 5.91 Å². The Bertz CT molecular complexity index is 1710. The van der Waals surface area contributed by atoms with E-state index in [-0.39, 0.29) is 12.5 Å². The van der Waals surface area contributed by atoms with E-state index in [4.69, 9.17) is 32.9 Å². The number of hydrogen-bond donors (Lipinski definition) is 1. The zero-order valence-corrected chi connectivity index (χ0v) is 25.4. The number of hydrazone groups is 1. The third-order valence-corrected chi connectivity index (χ3v) is 7.80. The number of carbonyl (C=O) groups is 1. The number of aromatic nitrogens is 1. The second-order valence-electron chi connectivity index (χ2n) is 8.48. The summed E-state index contributed by atoms with van der Waals surface area (Å²) < 4.78 is 7.86. The van der Waals surface area contributed by atoms with E-state index < -0.39 is 0 Å². The standard InChI is InChI=1S/C30H19BrCl2IN3O2/c31-21-13-20(29(26(34)14-21)39-17-18-10-11-24(32)25(33)12-18)16-35-37-30(38)23-15-28(19-6-2-1-3-7-19)36-27-9-5-4-8-22(23)27/h1-16H,17H2,(H,37,38)/b35-16-. The van der Waals surface area contributed by atoms with Crippen LogP contribution in [0.4, 0.5) is 0 Å². The number of halogens is 4. The lowest BCUT2D eigenvalue weighted by Gasteiger charge is -2.13. The first kappa shape index (κ1) is 27.6. The summed E-state index contributed by atoms with van der Waals surface area (Å²) in [5, 5.41) is 5.96. The van der Waals surface area contributed by atoms with Gasteiger partial charge in [-0.25, -0.2) is 10.4 Å². The number of fused-ring (bicyclic) bond motifs is 1. The number of ether oxygens (including phenoxy) is 1. The van der Waals surface area contributed by atoms with Crippen LogP contribution in [-0.2, 0) is 6.61 Å². The van der Waals surface area contributed by atoms with Crippen molar-refractivity contribution in [3.05, 3.63) is 126 Å². The molecule has 1 aromatic heterocycles. The van der Waals surface area contributed by atoms with Gasteiger partial charge in [-0.2, -0.15) is 5.10 Å². The van der Waals surface area contributed by atoms with Crippen LogP contribution in [0.2, 0.25) is 10.0 Å². The minimum absolute atomic E-state index is 0.285. The summed E-state index contributed by atoms with van der Waals surface area (Å²) in [5.41, 5.74) is 7.08. The molecule has 39 heavy (non-hydrogen) atoms. The average Bonchev–Trinajstić information content (AvgIpc) is 2.94. The second kappa shape index (κ2) is 12.5. The van der Waals surface area contributed by atoms with E-state index in [1.807, 2.05) is 72.8 Å². The van der Waals surface area contributed by atoms with E-state index in [2.05, 4.69) is 49.0 Å². The Kier molecular flexibility index (Phi) is 8.82. The van der Waals surface area contributed by atoms with E-state index in [9.17, 15) is 4.79 Å². The van der Waals surface area contributed by atoms with Gasteiger partial charge in [-0.15, -0.1) is 0 Å². The Hall–Kier alpha value is -2.98. The molecule has 0 spiro atoms. The summed E-state index contributed by atoms with van der Waals surface area (Å²) in [5.74, 6) is 0.286. The average molecular weight is 731 g/mol. The molecule has 0 aliphatic heterocycles. The molecular formula is C30H19BrCl2IN3O2. The summed E-state index contributed by atoms with van der Waals surface area (Å²) in [6.07, 6.45) is 1.57. The molecule has 0 aliphatic carbocycles. The molecule has 0 saturated carbocycles. The van der Waals surface area contributed by atoms with Gasteiger partial charge in [0.1, 0.15) is 12.4 Å². The predicted molar refractivity (Wildman–Crippen MR) is 170 cm³/mol. The van der Waals surface area contributed by atoms with Crippen molar-refractivity contribution in [2.75, 3.05) is 0 Å². The molecule has 1 heterocycles. The normalized spacial score (nSPS) is 11.2. The van der Waals surface area contributed by atoms with Crippen molar-refractivity contribution in [3.8, 4) is 17.0 Å². The molecule has 0 atom stereocenters. The zero-order chi connectivity index (χ0) is 27.4. The fourth-order valence-electron chi connectivity index (χ4n) is 3.95. The van der Waals surface area contributed by atoms with Crippen LogP contribution in [-0.4, -0.2) is 17.1 Å². The molecule has 0 radical (unpaired) electrons. The van der Waals surface area contributed by atoms with Gasteiger partial charge in [0.05, 0.1) is 36.6 Å². The smallest absolute Gasteiger partial charge is 0.272 e. The van der Waals surface area contributed by atoms with E-state index >= 15 is 0 Å². The van der Waals surface area contributed by atoms with Crippen LogP contribution in [0, 0.1) is 3.57 Å². The van der Waals surface area contributed by atoms with Crippen LogP contribution in [0.15, 0.2) is 101 Å². The lowest BCUT2D eigenvalue weighted by atomic mass is 10.0. The van der Waals surface area contributed by atoms with Crippen LogP contribution in [0.5, 0.6) is 5.75 Å². The van der Waals surface area contributed by atoms with Gasteiger partial charge in [0.2, 0.25) is 0 Å². The zero-order valence-electron chi connectivity index (χ0n) is 20.2. The van der Waals surface area contributed by atoms with Gasteiger partial charge in [0.15, 0.2) is 0 Å². The summed E-state index contributed by atoms with van der Waals surface area (Å²) in [4.78, 5) is 18.0. The Morgan fingerprint density at radius 3 is 2.54 bits per heavy atom. The Morgan fingerprint density at radius 2 is 1.74 bits per heavy atom. The van der Waals surface area contributed by atoms with Crippen LogP contribution in [0.1, 0.15) is 21.5 Å². The number of rotatable bonds is 7. The second-order valence-corrected chi connectivity index (χ2v) is 11.4. The van der Waals surface area contributed by atoms with Gasteiger partial charge in [0, 0.05) is 21.0 Å². The number of benzene rings is 4. The molecule has 0 aliphatic rings. The summed E-state index contributed by atoms with van der Waals surface area (Å²) >= 11 is 17.9. The number of pyridine rings is 1. The fourth-order valence-corrected chi connectivity index (χ4v) is 5.98. The molecular weight excluding hydrogens is 712 g/mol. The van der Waals surface area contributed by atoms with E-state index in [1.54, 1.807) is 24.4 Å². The molecule has 0 fully saturated rings. The highest BCUT2D eigenvalue weighted by Gasteiger charge is 2.14. The number of carbonyl (C=O) groups excluding carboxylic acids is 1. The number of amides is 1. The topological polar surface area (TPSA) is 63.6 Å². The molecule has 1 N–H and O–H groups in total. The molecule has 0 bridgehead atoms. The molecule has 194 valence electrons. The first-order chi connectivity index (χ1) is 18.9. The highest BCUT2D eigenvalue weighted by Crippen LogP contribution is 2.31. The Labute approximate surface area is 257 Å². The maximum atomic E-state index is 13.3. The van der Waals surface area contributed by atoms with Crippen molar-refractivity contribution >= 4 is 84.7 Å². The van der Waals surface area contributed by atoms with Crippen LogP contribution in [0.3, 0.4) is 0 Å². The van der Waals surface area contributed by atoms with Crippen molar-refractivity contribution in [1.29, 1.82) is 0 Å². The monoisotopic (exact) mass is 729 g/mol. The predicted octanol–water partition coefficient (Wildman–Crippen LogP) is 8.92. The highest BCUT2D eigenvalue weighted by molar-refractivity contribution is 14.1. The first-order valence-electron chi connectivity index (χ1n) is 11.7. The minimum Gasteiger partial charge on any atom is -0.487 e. The minimum atomic E-state index is -0.343. The summed E-state index contributed by atoms with van der Waals surface area (Å²) in [6, 6.07) is 28.3. The van der Waals surface area contributed by atoms with Gasteiger partial charge >= 0.3 is 0 Å². The van der Waals surface area contributed by atoms with Gasteiger partial charge < -0.3 is 4.74 Å². The number of nitrogens with one attached hydrogen (secondary N) is 1. The molecule has 5 aromatic rings. The largest absolute Gasteiger partial charge is 0.487 e. The molecule has 5 nitrogen and oxygen atoms in total. The SMILES string of the molecule is O=C(N/N=C\c1cc(Br)cc(I)c1OCc1ccc(Cl)c(Cl)c1)c1cc(-c2ccccc2)nc2ccccc12. The molecule has 4 aromatic carbocycles. The van der Waals surface area contributed by atoms with Crippen molar-refractivity contribution in [1.82, 2.24) is 10.4 Å². The maximum absolute atomic E-state index is 13.3. The van der Waals surface area contributed by atoms with E-state index in [0.29, 0.717) is 32.6 Å². The lowest BCUT2D eigenvalue weighted by molar-refractivity contribution is 0.0956. The molecule has 5 rings (SSSR count). The Morgan fingerprint density at radius 1 is 0.974 bits per heavy atom. The van der Waals surface area contributed by atoms with Crippen molar-refractivity contribution in [3.63, 3.8) is 0 Å². The third-order valence-electron chi connectivity index (χ3n) is 5.80. The third kappa shape index (κ3) is 6.61. The van der Waals surface area contributed by atoms with Crippen LogP contribution < -0.4 is 10.2 Å². The Balaban J connectivity index is 1.40. The molecule has 1 amide bonds. The van der Waals surface area contributed by atoms with Crippen molar-refractivity contribution in [2.45, 2.75) is 6.61 Å². The highest BCUT2D eigenvalue weighted by atomic mass is 127. The molecule has 0 saturated heterocycles. The van der Waals surface area contributed by atoms with Crippen LogP contribution >= 0.6 is 61.7 Å². The fraction of sp³-hybridized carbons (Fsp3) is 0.0333. The first-order valence-corrected chi connectivity index (χ1v) is 14.4. The number of hydrogen-bond acceptors (Lipinski definition) is 4. The molecule has 9 heteroatoms. The van der Waals surface area contributed by atoms with E-state index in [1.165, 1.54) is 0 Å². The number of nitrogens with zero attached hydrogens (tertiary/aromatic N) is 2. The quantitative estimate of drug-likeness (QED) is 0.103. The van der Waals surface area contributed by atoms with Gasteiger partial charge in [-0.3, -0.25) is 4.79 Å². The summed E-state index contributed by atoms with van der Waals surface area (Å²) in [7, 11) is 0.